The van der Waals surface area contributed by atoms with Crippen molar-refractivity contribution < 1.29 is 13.9 Å². The lowest BCUT2D eigenvalue weighted by Gasteiger charge is -2.37. The van der Waals surface area contributed by atoms with Crippen LogP contribution in [-0.2, 0) is 18.5 Å². The summed E-state index contributed by atoms with van der Waals surface area (Å²) >= 11 is 13.7. The van der Waals surface area contributed by atoms with E-state index >= 15 is 0 Å². The van der Waals surface area contributed by atoms with E-state index in [4.69, 9.17) is 27.1 Å². The highest BCUT2D eigenvalue weighted by atomic mass is 35.6. The average molecular weight is 744 g/mol. The minimum absolute atomic E-state index is 0.0250. The smallest absolute Gasteiger partial charge is 0.331 e. The molecule has 260 valence electrons. The quantitative estimate of drug-likeness (QED) is 0.139. The summed E-state index contributed by atoms with van der Waals surface area (Å²) in [4.78, 5) is 34.2. The summed E-state index contributed by atoms with van der Waals surface area (Å²) in [5, 5.41) is 14.3. The van der Waals surface area contributed by atoms with Crippen LogP contribution in [0.5, 0.6) is 0 Å². The molecule has 1 aromatic carbocycles. The zero-order valence-electron chi connectivity index (χ0n) is 29.5. The first-order valence-corrected chi connectivity index (χ1v) is 23.7. The standard InChI is InChI=1S/C27H34ClFN4O4SSi.C6H15ClSi/c1-27(2,3)39(6,7)37-13-17(34)12-18(24-30-19(28)14-38-24)22-23-20(25(35)33(5)26(36)32(23)4)21(31-22)15-9-8-10-16(29)11-15;1-6(2,3)8(4,5)7/h8-11,14,17-18,31,34H,12-13H2,1-7H3;1-5H3. The fourth-order valence-corrected chi connectivity index (χ4v) is 6.50. The molecule has 0 aliphatic carbocycles. The first kappa shape index (κ1) is 39.4. The predicted molar refractivity (Wildman–Crippen MR) is 200 cm³/mol. The Morgan fingerprint density at radius 2 is 1.66 bits per heavy atom. The molecular weight excluding hydrogens is 695 g/mol. The highest BCUT2D eigenvalue weighted by Gasteiger charge is 2.38. The lowest BCUT2D eigenvalue weighted by molar-refractivity contribution is 0.0893. The van der Waals surface area contributed by atoms with E-state index in [0.717, 1.165) is 4.57 Å². The van der Waals surface area contributed by atoms with E-state index in [0.29, 0.717) is 37.7 Å². The Balaban J connectivity index is 0.000000665. The molecule has 2 unspecified atom stereocenters. The molecule has 0 fully saturated rings. The largest absolute Gasteiger partial charge is 0.414 e. The second-order valence-electron chi connectivity index (χ2n) is 15.1. The third kappa shape index (κ3) is 8.94. The first-order valence-electron chi connectivity index (χ1n) is 15.6. The normalized spacial score (nSPS) is 14.2. The molecule has 8 nitrogen and oxygen atoms in total. The molecule has 0 amide bonds. The van der Waals surface area contributed by atoms with Gasteiger partial charge in [-0.05, 0) is 41.7 Å². The molecule has 3 heterocycles. The molecule has 47 heavy (non-hydrogen) atoms. The fourth-order valence-electron chi connectivity index (χ4n) is 4.38. The summed E-state index contributed by atoms with van der Waals surface area (Å²) < 4.78 is 22.9. The maximum absolute atomic E-state index is 14.2. The van der Waals surface area contributed by atoms with Crippen molar-refractivity contribution in [1.29, 1.82) is 0 Å². The Hall–Kier alpha value is -2.07. The van der Waals surface area contributed by atoms with E-state index in [1.807, 2.05) is 0 Å². The molecule has 0 aliphatic rings. The second-order valence-corrected chi connectivity index (χ2v) is 28.5. The molecule has 0 saturated heterocycles. The van der Waals surface area contributed by atoms with E-state index in [1.54, 1.807) is 24.6 Å². The van der Waals surface area contributed by atoms with Crippen LogP contribution in [0, 0.1) is 5.82 Å². The van der Waals surface area contributed by atoms with E-state index < -0.39 is 44.8 Å². The van der Waals surface area contributed by atoms with Crippen LogP contribution in [0.3, 0.4) is 0 Å². The van der Waals surface area contributed by atoms with Crippen LogP contribution in [-0.4, -0.2) is 52.6 Å². The van der Waals surface area contributed by atoms with Gasteiger partial charge in [-0.3, -0.25) is 13.9 Å². The number of rotatable bonds is 8. The Kier molecular flexibility index (Phi) is 12.1. The molecule has 2 atom stereocenters. The number of aryl methyl sites for hydroxylation is 1. The third-order valence-corrected chi connectivity index (χ3v) is 20.5. The summed E-state index contributed by atoms with van der Waals surface area (Å²) in [6.07, 6.45) is -0.675. The van der Waals surface area contributed by atoms with E-state index in [1.165, 1.54) is 35.1 Å². The van der Waals surface area contributed by atoms with Crippen LogP contribution >= 0.6 is 34.0 Å². The number of nitrogens with one attached hydrogen (secondary N) is 1. The molecule has 2 N–H and O–H groups in total. The van der Waals surface area contributed by atoms with E-state index in [9.17, 15) is 19.1 Å². The van der Waals surface area contributed by atoms with Crippen molar-refractivity contribution in [3.05, 3.63) is 72.2 Å². The number of hydrogen-bond donors (Lipinski definition) is 2. The van der Waals surface area contributed by atoms with Crippen LogP contribution in [0.25, 0.3) is 22.2 Å². The van der Waals surface area contributed by atoms with Gasteiger partial charge in [0.15, 0.2) is 15.7 Å². The van der Waals surface area contributed by atoms with Gasteiger partial charge in [0.05, 0.1) is 40.9 Å². The molecule has 0 radical (unpaired) electrons. The molecule has 14 heteroatoms. The number of thiazole rings is 1. The Labute approximate surface area is 292 Å². The fraction of sp³-hybridized carbons (Fsp3) is 0.545. The van der Waals surface area contributed by atoms with Gasteiger partial charge >= 0.3 is 5.69 Å². The number of aromatic nitrogens is 4. The Morgan fingerprint density at radius 1 is 1.06 bits per heavy atom. The Bertz CT molecular complexity index is 1820. The van der Waals surface area contributed by atoms with Crippen LogP contribution in [0.1, 0.15) is 64.6 Å². The van der Waals surface area contributed by atoms with Crippen LogP contribution in [0.4, 0.5) is 4.39 Å². The van der Waals surface area contributed by atoms with E-state index in [-0.39, 0.29) is 23.5 Å². The molecular formula is C33H49Cl2FN4O4SSi2. The first-order chi connectivity index (χ1) is 21.4. The minimum Gasteiger partial charge on any atom is -0.414 e. The third-order valence-electron chi connectivity index (χ3n) is 9.42. The monoisotopic (exact) mass is 742 g/mol. The highest BCUT2D eigenvalue weighted by Crippen LogP contribution is 2.40. The summed E-state index contributed by atoms with van der Waals surface area (Å²) in [5.41, 5.74) is 0.717. The van der Waals surface area contributed by atoms with Crippen molar-refractivity contribution >= 4 is 60.6 Å². The summed E-state index contributed by atoms with van der Waals surface area (Å²) in [6.45, 7) is 21.7. The zero-order valence-corrected chi connectivity index (χ0v) is 33.8. The van der Waals surface area contributed by atoms with Gasteiger partial charge in [-0.1, -0.05) is 78.4 Å². The van der Waals surface area contributed by atoms with Gasteiger partial charge in [0.25, 0.3) is 5.56 Å². The Morgan fingerprint density at radius 3 is 2.15 bits per heavy atom. The molecule has 0 bridgehead atoms. The van der Waals surface area contributed by atoms with Crippen molar-refractivity contribution in [1.82, 2.24) is 19.1 Å². The van der Waals surface area contributed by atoms with E-state index in [2.05, 4.69) is 77.7 Å². The maximum atomic E-state index is 14.2. The van der Waals surface area contributed by atoms with Crippen molar-refractivity contribution in [3.63, 3.8) is 0 Å². The number of aliphatic hydroxyl groups is 1. The number of benzene rings is 1. The number of aromatic amines is 1. The molecule has 4 aromatic rings. The molecule has 0 saturated carbocycles. The number of aliphatic hydroxyl groups excluding tert-OH is 1. The lowest BCUT2D eigenvalue weighted by Crippen LogP contribution is -2.42. The van der Waals surface area contributed by atoms with Crippen molar-refractivity contribution in [3.8, 4) is 11.3 Å². The minimum atomic E-state index is -2.12. The lowest BCUT2D eigenvalue weighted by atomic mass is 9.97. The van der Waals surface area contributed by atoms with Crippen LogP contribution in [0.2, 0.25) is 41.4 Å². The summed E-state index contributed by atoms with van der Waals surface area (Å²) in [5.74, 6) is -1.01. The molecule has 4 rings (SSSR count). The molecule has 0 spiro atoms. The maximum Gasteiger partial charge on any atom is 0.331 e. The predicted octanol–water partition coefficient (Wildman–Crippen LogP) is 8.62. The number of H-pyrrole nitrogens is 1. The molecule has 3 aromatic heterocycles. The van der Waals surface area contributed by atoms with Crippen LogP contribution < -0.4 is 11.2 Å². The van der Waals surface area contributed by atoms with Gasteiger partial charge in [-0.2, -0.15) is 11.1 Å². The number of fused-ring (bicyclic) bond motifs is 1. The summed E-state index contributed by atoms with van der Waals surface area (Å²) in [6, 6.07) is 5.91. The van der Waals surface area contributed by atoms with Crippen molar-refractivity contribution in [2.45, 2.75) is 96.2 Å². The van der Waals surface area contributed by atoms with Gasteiger partial charge in [0, 0.05) is 25.0 Å². The topological polar surface area (TPSA) is 102 Å². The van der Waals surface area contributed by atoms with Crippen LogP contribution in [0.15, 0.2) is 39.2 Å². The summed E-state index contributed by atoms with van der Waals surface area (Å²) in [7, 11) is -0.514. The van der Waals surface area contributed by atoms with Crippen molar-refractivity contribution in [2.75, 3.05) is 6.61 Å². The number of hydrogen-bond acceptors (Lipinski definition) is 6. The van der Waals surface area contributed by atoms with Gasteiger partial charge < -0.3 is 14.5 Å². The van der Waals surface area contributed by atoms with Gasteiger partial charge in [-0.25, -0.2) is 14.2 Å². The van der Waals surface area contributed by atoms with Crippen molar-refractivity contribution in [2.24, 2.45) is 14.1 Å². The number of halogens is 3. The van der Waals surface area contributed by atoms with Gasteiger partial charge in [0.2, 0.25) is 0 Å². The highest BCUT2D eigenvalue weighted by molar-refractivity contribution is 7.20. The number of nitrogens with zero attached hydrogens (tertiary/aromatic N) is 3. The van der Waals surface area contributed by atoms with Gasteiger partial charge in [0.1, 0.15) is 16.0 Å². The SMILES string of the molecule is CC(C)(C)[Si](C)(C)Cl.Cn1c(=O)c2c(-c3cccc(F)c3)[nH]c(C(CC(O)CO[Si](C)(C)C(C)(C)C)c3nc(Cl)cs3)c2n(C)c1=O. The van der Waals surface area contributed by atoms with Gasteiger partial charge in [-0.15, -0.1) is 11.3 Å². The molecule has 0 aliphatic heterocycles. The second kappa shape index (κ2) is 14.4. The average Bonchev–Trinajstić information content (AvgIpc) is 3.55. The zero-order chi connectivity index (χ0) is 35.9.